The van der Waals surface area contributed by atoms with Crippen LogP contribution in [0, 0.1) is 0 Å². The van der Waals surface area contributed by atoms with Crippen LogP contribution in [-0.4, -0.2) is 26.6 Å². The maximum absolute atomic E-state index is 11.7. The van der Waals surface area contributed by atoms with E-state index in [4.69, 9.17) is 10.5 Å². The molecule has 0 atom stereocenters. The molecule has 0 bridgehead atoms. The molecule has 0 heterocycles. The Balaban J connectivity index is 2.95. The second kappa shape index (κ2) is 6.25. The number of anilines is 1. The highest BCUT2D eigenvalue weighted by atomic mass is 16.5. The first-order valence-corrected chi connectivity index (χ1v) is 5.77. The molecule has 1 aromatic carbocycles. The highest BCUT2D eigenvalue weighted by Crippen LogP contribution is 2.25. The van der Waals surface area contributed by atoms with Gasteiger partial charge in [0, 0.05) is 25.7 Å². The third-order valence-corrected chi connectivity index (χ3v) is 2.76. The number of methoxy groups -OCH3 is 1. The Hall–Kier alpha value is -1.55. The summed E-state index contributed by atoms with van der Waals surface area (Å²) in [5.74, 6) is 0.885. The number of nitrogens with two attached hydrogens (primary N) is 1. The summed E-state index contributed by atoms with van der Waals surface area (Å²) in [6.07, 6.45) is 1.24. The minimum absolute atomic E-state index is 0.0275. The molecule has 4 heteroatoms. The van der Waals surface area contributed by atoms with Gasteiger partial charge in [0.1, 0.15) is 5.75 Å². The van der Waals surface area contributed by atoms with Gasteiger partial charge in [-0.1, -0.05) is 6.92 Å². The van der Waals surface area contributed by atoms with Crippen molar-refractivity contribution in [1.29, 1.82) is 0 Å². The average Bonchev–Trinajstić information content (AvgIpc) is 2.37. The molecule has 0 fully saturated rings. The standard InChI is InChI=1S/C13H20N2O2/c1-4-10-9-11(5-6-12(10)17-3)15(2)13(16)7-8-14/h5-6,9H,4,7-8,14H2,1-3H3. The number of hydrogen-bond donors (Lipinski definition) is 1. The topological polar surface area (TPSA) is 55.6 Å². The van der Waals surface area contributed by atoms with Crippen LogP contribution in [0.15, 0.2) is 18.2 Å². The van der Waals surface area contributed by atoms with Gasteiger partial charge in [-0.2, -0.15) is 0 Å². The Bertz CT molecular complexity index is 391. The lowest BCUT2D eigenvalue weighted by Gasteiger charge is -2.19. The summed E-state index contributed by atoms with van der Waals surface area (Å²) in [5, 5.41) is 0. The molecule has 0 saturated heterocycles. The summed E-state index contributed by atoms with van der Waals surface area (Å²) in [7, 11) is 3.41. The fourth-order valence-electron chi connectivity index (χ4n) is 1.69. The number of hydrogen-bond acceptors (Lipinski definition) is 3. The van der Waals surface area contributed by atoms with E-state index >= 15 is 0 Å². The van der Waals surface area contributed by atoms with Crippen molar-refractivity contribution in [3.8, 4) is 5.75 Å². The van der Waals surface area contributed by atoms with Crippen LogP contribution in [0.4, 0.5) is 5.69 Å². The van der Waals surface area contributed by atoms with Crippen LogP contribution in [0.1, 0.15) is 18.9 Å². The third-order valence-electron chi connectivity index (χ3n) is 2.76. The Labute approximate surface area is 102 Å². The molecule has 0 radical (unpaired) electrons. The summed E-state index contributed by atoms with van der Waals surface area (Å²) < 4.78 is 5.26. The van der Waals surface area contributed by atoms with Gasteiger partial charge in [-0.25, -0.2) is 0 Å². The van der Waals surface area contributed by atoms with Crippen LogP contribution in [0.3, 0.4) is 0 Å². The van der Waals surface area contributed by atoms with E-state index in [9.17, 15) is 4.79 Å². The first kappa shape index (κ1) is 13.5. The van der Waals surface area contributed by atoms with Gasteiger partial charge in [0.15, 0.2) is 0 Å². The number of ether oxygens (including phenoxy) is 1. The quantitative estimate of drug-likeness (QED) is 0.844. The number of aryl methyl sites for hydroxylation is 1. The SMILES string of the molecule is CCc1cc(N(C)C(=O)CCN)ccc1OC. The molecular weight excluding hydrogens is 216 g/mol. The number of carbonyl (C=O) groups excluding carboxylic acids is 1. The molecule has 1 aromatic rings. The number of carbonyl (C=O) groups is 1. The molecule has 1 rings (SSSR count). The van der Waals surface area contributed by atoms with E-state index in [0.717, 1.165) is 23.4 Å². The van der Waals surface area contributed by atoms with E-state index in [1.807, 2.05) is 18.2 Å². The van der Waals surface area contributed by atoms with Gasteiger partial charge in [-0.3, -0.25) is 4.79 Å². The summed E-state index contributed by atoms with van der Waals surface area (Å²) in [4.78, 5) is 13.3. The summed E-state index contributed by atoms with van der Waals surface area (Å²) in [6, 6.07) is 5.75. The smallest absolute Gasteiger partial charge is 0.227 e. The van der Waals surface area contributed by atoms with Crippen LogP contribution in [0.5, 0.6) is 5.75 Å². The van der Waals surface area contributed by atoms with Crippen molar-refractivity contribution in [1.82, 2.24) is 0 Å². The van der Waals surface area contributed by atoms with Crippen molar-refractivity contribution in [3.05, 3.63) is 23.8 Å². The number of rotatable bonds is 5. The molecule has 0 spiro atoms. The van der Waals surface area contributed by atoms with Crippen molar-refractivity contribution >= 4 is 11.6 Å². The van der Waals surface area contributed by atoms with E-state index in [-0.39, 0.29) is 5.91 Å². The molecule has 17 heavy (non-hydrogen) atoms. The minimum atomic E-state index is 0.0275. The average molecular weight is 236 g/mol. The van der Waals surface area contributed by atoms with Crippen LogP contribution < -0.4 is 15.4 Å². The van der Waals surface area contributed by atoms with E-state index in [0.29, 0.717) is 13.0 Å². The van der Waals surface area contributed by atoms with Gasteiger partial charge in [0.05, 0.1) is 7.11 Å². The fraction of sp³-hybridized carbons (Fsp3) is 0.462. The lowest BCUT2D eigenvalue weighted by Crippen LogP contribution is -2.28. The van der Waals surface area contributed by atoms with Crippen LogP contribution >= 0.6 is 0 Å². The fourth-order valence-corrected chi connectivity index (χ4v) is 1.69. The van der Waals surface area contributed by atoms with Gasteiger partial charge in [0.25, 0.3) is 0 Å². The second-order valence-electron chi connectivity index (χ2n) is 3.84. The number of nitrogens with zero attached hydrogens (tertiary/aromatic N) is 1. The van der Waals surface area contributed by atoms with E-state index in [2.05, 4.69) is 6.92 Å². The monoisotopic (exact) mass is 236 g/mol. The van der Waals surface area contributed by atoms with Gasteiger partial charge in [-0.05, 0) is 30.2 Å². The van der Waals surface area contributed by atoms with Crippen molar-refractivity contribution in [2.45, 2.75) is 19.8 Å². The van der Waals surface area contributed by atoms with Crippen molar-refractivity contribution in [3.63, 3.8) is 0 Å². The molecule has 1 amide bonds. The van der Waals surface area contributed by atoms with Crippen molar-refractivity contribution < 1.29 is 9.53 Å². The first-order chi connectivity index (χ1) is 8.13. The maximum atomic E-state index is 11.7. The molecule has 0 aliphatic carbocycles. The first-order valence-electron chi connectivity index (χ1n) is 5.77. The second-order valence-corrected chi connectivity index (χ2v) is 3.84. The maximum Gasteiger partial charge on any atom is 0.227 e. The molecule has 0 aliphatic rings. The molecule has 94 valence electrons. The molecule has 0 unspecified atom stereocenters. The molecular formula is C13H20N2O2. The Morgan fingerprint density at radius 2 is 2.18 bits per heavy atom. The van der Waals surface area contributed by atoms with E-state index < -0.39 is 0 Å². The van der Waals surface area contributed by atoms with Crippen LogP contribution in [0.25, 0.3) is 0 Å². The molecule has 0 aliphatic heterocycles. The zero-order valence-corrected chi connectivity index (χ0v) is 10.7. The van der Waals surface area contributed by atoms with Gasteiger partial charge < -0.3 is 15.4 Å². The summed E-state index contributed by atoms with van der Waals surface area (Å²) in [6.45, 7) is 2.43. The lowest BCUT2D eigenvalue weighted by atomic mass is 10.1. The lowest BCUT2D eigenvalue weighted by molar-refractivity contribution is -0.118. The van der Waals surface area contributed by atoms with Gasteiger partial charge in [0.2, 0.25) is 5.91 Å². The van der Waals surface area contributed by atoms with Crippen molar-refractivity contribution in [2.24, 2.45) is 5.73 Å². The molecule has 0 aromatic heterocycles. The Kier molecular flexibility index (Phi) is 4.97. The van der Waals surface area contributed by atoms with E-state index in [1.165, 1.54) is 0 Å². The number of amides is 1. The Morgan fingerprint density at radius 3 is 2.71 bits per heavy atom. The zero-order valence-electron chi connectivity index (χ0n) is 10.7. The highest BCUT2D eigenvalue weighted by Gasteiger charge is 2.11. The Morgan fingerprint density at radius 1 is 1.47 bits per heavy atom. The van der Waals surface area contributed by atoms with Gasteiger partial charge >= 0.3 is 0 Å². The number of benzene rings is 1. The molecule has 2 N–H and O–H groups in total. The largest absolute Gasteiger partial charge is 0.496 e. The van der Waals surface area contributed by atoms with E-state index in [1.54, 1.807) is 19.1 Å². The minimum Gasteiger partial charge on any atom is -0.496 e. The zero-order chi connectivity index (χ0) is 12.8. The molecule has 0 saturated carbocycles. The third kappa shape index (κ3) is 3.20. The molecule has 4 nitrogen and oxygen atoms in total. The summed E-state index contributed by atoms with van der Waals surface area (Å²) in [5.41, 5.74) is 7.35. The van der Waals surface area contributed by atoms with Gasteiger partial charge in [-0.15, -0.1) is 0 Å². The van der Waals surface area contributed by atoms with Crippen LogP contribution in [0.2, 0.25) is 0 Å². The van der Waals surface area contributed by atoms with Crippen LogP contribution in [-0.2, 0) is 11.2 Å². The predicted molar refractivity (Wildman–Crippen MR) is 69.5 cm³/mol. The predicted octanol–water partition coefficient (Wildman–Crippen LogP) is 1.57. The van der Waals surface area contributed by atoms with Crippen molar-refractivity contribution in [2.75, 3.05) is 25.6 Å². The normalized spacial score (nSPS) is 10.1. The highest BCUT2D eigenvalue weighted by molar-refractivity contribution is 5.93. The summed E-state index contributed by atoms with van der Waals surface area (Å²) >= 11 is 0.